The molecule has 14 heteroatoms. The van der Waals surface area contributed by atoms with Crippen LogP contribution < -0.4 is 24.8 Å². The van der Waals surface area contributed by atoms with Crippen LogP contribution in [0.4, 0.5) is 42.1 Å². The molecule has 0 aliphatic carbocycles. The highest BCUT2D eigenvalue weighted by atomic mass is 35.5. The first-order chi connectivity index (χ1) is 15.3. The topological polar surface area (TPSA) is 51.8 Å². The van der Waals surface area contributed by atoms with Gasteiger partial charge in [0.1, 0.15) is 17.2 Å². The predicted octanol–water partition coefficient (Wildman–Crippen LogP) is 6.38. The molecule has 0 aromatic heterocycles. The summed E-state index contributed by atoms with van der Waals surface area (Å²) in [5.41, 5.74) is 0.309. The van der Waals surface area contributed by atoms with Crippen LogP contribution in [-0.4, -0.2) is 44.0 Å². The lowest BCUT2D eigenvalue weighted by molar-refractivity contribution is -0.153. The predicted molar refractivity (Wildman–Crippen MR) is 112 cm³/mol. The average Bonchev–Trinajstić information content (AvgIpc) is 2.70. The number of hydrogen-bond acceptors (Lipinski definition) is 4. The molecule has 0 radical (unpaired) electrons. The number of hydrogen-bond donors (Lipinski definition) is 2. The number of rotatable bonds is 9. The van der Waals surface area contributed by atoms with Crippen molar-refractivity contribution in [3.05, 3.63) is 41.4 Å². The first kappa shape index (κ1) is 26.6. The maximum atomic E-state index is 13.2. The molecule has 2 aromatic rings. The zero-order valence-corrected chi connectivity index (χ0v) is 18.2. The van der Waals surface area contributed by atoms with Crippen molar-refractivity contribution in [1.29, 1.82) is 0 Å². The van der Waals surface area contributed by atoms with Crippen LogP contribution in [0, 0.1) is 0 Å². The Labute approximate surface area is 193 Å². The smallest absolute Gasteiger partial charge is 0.422 e. The first-order valence-electron chi connectivity index (χ1n) is 8.84. The van der Waals surface area contributed by atoms with Crippen LogP contribution in [-0.2, 0) is 0 Å². The molecule has 2 N–H and O–H groups in total. The number of nitrogens with one attached hydrogen (secondary N) is 2. The van der Waals surface area contributed by atoms with Crippen molar-refractivity contribution < 1.29 is 44.9 Å². The van der Waals surface area contributed by atoms with Crippen molar-refractivity contribution in [3.8, 4) is 17.2 Å². The Morgan fingerprint density at radius 3 is 2.12 bits per heavy atom. The second-order valence-electron chi connectivity index (χ2n) is 6.37. The lowest BCUT2D eigenvalue weighted by atomic mass is 10.2. The third kappa shape index (κ3) is 8.65. The molecule has 0 amide bonds. The Balaban J connectivity index is 2.22. The Hall–Kier alpha value is -2.67. The van der Waals surface area contributed by atoms with Crippen LogP contribution in [0.2, 0.25) is 5.02 Å². The summed E-state index contributed by atoms with van der Waals surface area (Å²) in [5, 5.41) is 5.61. The van der Waals surface area contributed by atoms with E-state index in [2.05, 4.69) is 20.1 Å². The molecular weight excluding hydrogens is 505 g/mol. The second-order valence-corrected chi connectivity index (χ2v) is 7.22. The minimum atomic E-state index is -4.69. The third-order valence-corrected chi connectivity index (χ3v) is 4.14. The van der Waals surface area contributed by atoms with E-state index in [4.69, 9.17) is 28.6 Å². The van der Waals surface area contributed by atoms with E-state index in [0.717, 1.165) is 18.2 Å². The van der Waals surface area contributed by atoms with Crippen LogP contribution in [0.3, 0.4) is 0 Å². The molecule has 0 saturated carbocycles. The van der Waals surface area contributed by atoms with Gasteiger partial charge in [0.2, 0.25) is 0 Å². The van der Waals surface area contributed by atoms with Gasteiger partial charge in [-0.1, -0.05) is 11.6 Å². The number of benzene rings is 2. The zero-order valence-electron chi connectivity index (χ0n) is 16.6. The van der Waals surface area contributed by atoms with Gasteiger partial charge in [-0.05, 0) is 30.4 Å². The molecule has 0 unspecified atom stereocenters. The minimum Gasteiger partial charge on any atom is -0.495 e. The van der Waals surface area contributed by atoms with Crippen molar-refractivity contribution in [2.75, 3.05) is 31.0 Å². The van der Waals surface area contributed by atoms with Gasteiger partial charge in [0.25, 0.3) is 0 Å². The van der Waals surface area contributed by atoms with Crippen molar-refractivity contribution in [2.45, 2.75) is 18.5 Å². The molecule has 33 heavy (non-hydrogen) atoms. The van der Waals surface area contributed by atoms with Crippen molar-refractivity contribution in [2.24, 2.45) is 0 Å². The molecular formula is C19H16ClF7N2O3S. The number of methoxy groups -OCH3 is 1. The highest BCUT2D eigenvalue weighted by Gasteiger charge is 2.41. The number of thiocarbonyl (C=S) groups is 1. The van der Waals surface area contributed by atoms with Gasteiger partial charge in [0, 0.05) is 28.9 Å². The van der Waals surface area contributed by atoms with Gasteiger partial charge in [-0.2, -0.15) is 22.0 Å². The molecule has 0 aliphatic rings. The van der Waals surface area contributed by atoms with Gasteiger partial charge in [-0.15, -0.1) is 0 Å². The molecule has 0 saturated heterocycles. The van der Waals surface area contributed by atoms with E-state index in [1.807, 2.05) is 0 Å². The molecule has 0 spiro atoms. The summed E-state index contributed by atoms with van der Waals surface area (Å²) >= 11 is 11.1. The Morgan fingerprint density at radius 2 is 1.58 bits per heavy atom. The van der Waals surface area contributed by atoms with Gasteiger partial charge in [-0.25, -0.2) is 8.78 Å². The third-order valence-electron chi connectivity index (χ3n) is 3.70. The zero-order chi connectivity index (χ0) is 24.8. The molecule has 5 nitrogen and oxygen atoms in total. The average molecular weight is 521 g/mol. The van der Waals surface area contributed by atoms with Crippen LogP contribution in [0.1, 0.15) is 0 Å². The quantitative estimate of drug-likeness (QED) is 0.296. The lowest BCUT2D eigenvalue weighted by Gasteiger charge is -2.18. The summed E-state index contributed by atoms with van der Waals surface area (Å²) in [7, 11) is 1.39. The van der Waals surface area contributed by atoms with Crippen LogP contribution >= 0.6 is 23.8 Å². The van der Waals surface area contributed by atoms with E-state index in [0.29, 0.717) is 16.5 Å². The molecule has 0 heterocycles. The normalized spacial score (nSPS) is 11.8. The van der Waals surface area contributed by atoms with E-state index >= 15 is 0 Å². The first-order valence-corrected chi connectivity index (χ1v) is 9.62. The van der Waals surface area contributed by atoms with Gasteiger partial charge >= 0.3 is 18.5 Å². The minimum absolute atomic E-state index is 0.0384. The number of alkyl halides is 7. The highest BCUT2D eigenvalue weighted by molar-refractivity contribution is 7.80. The molecule has 2 rings (SSSR count). The fraction of sp³-hybridized carbons (Fsp3) is 0.316. The van der Waals surface area contributed by atoms with Gasteiger partial charge in [0.15, 0.2) is 18.3 Å². The van der Waals surface area contributed by atoms with Crippen LogP contribution in [0.5, 0.6) is 17.2 Å². The SMILES string of the molecule is COc1ccc(Cl)cc1NC(=S)Nc1cc(OCC(F)(F)F)cc(OCC(F)(F)C(F)F)c1. The molecule has 0 atom stereocenters. The van der Waals surface area contributed by atoms with E-state index in [9.17, 15) is 30.7 Å². The van der Waals surface area contributed by atoms with Crippen LogP contribution in [0.25, 0.3) is 0 Å². The summed E-state index contributed by atoms with van der Waals surface area (Å²) in [6.07, 6.45) is -8.68. The fourth-order valence-corrected chi connectivity index (χ4v) is 2.68. The summed E-state index contributed by atoms with van der Waals surface area (Å²) in [6.45, 7) is -3.40. The summed E-state index contributed by atoms with van der Waals surface area (Å²) < 4.78 is 103. The van der Waals surface area contributed by atoms with Crippen LogP contribution in [0.15, 0.2) is 36.4 Å². The number of halogens is 8. The maximum Gasteiger partial charge on any atom is 0.422 e. The van der Waals surface area contributed by atoms with Gasteiger partial charge in [0.05, 0.1) is 12.8 Å². The summed E-state index contributed by atoms with van der Waals surface area (Å²) in [6, 6.07) is 7.57. The van der Waals surface area contributed by atoms with Crippen molar-refractivity contribution >= 4 is 40.3 Å². The standard InChI is InChI=1S/C19H16ClF7N2O3S/c1-30-15-3-2-10(20)4-14(15)29-17(33)28-11-5-12(31-8-18(23,24)16(21)22)7-13(6-11)32-9-19(25,26)27/h2-7,16H,8-9H2,1H3,(H2,28,29,33). The Kier molecular flexibility index (Phi) is 8.83. The molecule has 182 valence electrons. The summed E-state index contributed by atoms with van der Waals surface area (Å²) in [5.74, 6) is -5.00. The molecule has 0 aliphatic heterocycles. The van der Waals surface area contributed by atoms with E-state index in [1.165, 1.54) is 13.2 Å². The highest BCUT2D eigenvalue weighted by Crippen LogP contribution is 2.31. The Morgan fingerprint density at radius 1 is 0.970 bits per heavy atom. The van der Waals surface area contributed by atoms with Gasteiger partial charge in [-0.3, -0.25) is 0 Å². The van der Waals surface area contributed by atoms with E-state index in [-0.39, 0.29) is 10.8 Å². The number of ether oxygens (including phenoxy) is 3. The summed E-state index contributed by atoms with van der Waals surface area (Å²) in [4.78, 5) is 0. The molecule has 0 fully saturated rings. The van der Waals surface area contributed by atoms with Crippen molar-refractivity contribution in [1.82, 2.24) is 0 Å². The maximum absolute atomic E-state index is 13.2. The number of anilines is 2. The molecule has 2 aromatic carbocycles. The van der Waals surface area contributed by atoms with Gasteiger partial charge < -0.3 is 24.8 Å². The lowest BCUT2D eigenvalue weighted by Crippen LogP contribution is -2.33. The Bertz CT molecular complexity index is 977. The second kappa shape index (κ2) is 11.0. The monoisotopic (exact) mass is 520 g/mol. The van der Waals surface area contributed by atoms with E-state index in [1.54, 1.807) is 12.1 Å². The fourth-order valence-electron chi connectivity index (χ4n) is 2.28. The van der Waals surface area contributed by atoms with E-state index < -0.39 is 43.2 Å². The largest absolute Gasteiger partial charge is 0.495 e. The molecule has 0 bridgehead atoms. The van der Waals surface area contributed by atoms with Crippen molar-refractivity contribution in [3.63, 3.8) is 0 Å².